The number of aliphatic carboxylic acids is 1. The van der Waals surface area contributed by atoms with Gasteiger partial charge < -0.3 is 10.8 Å². The molecule has 1 unspecified atom stereocenters. The van der Waals surface area contributed by atoms with E-state index in [9.17, 15) is 26.4 Å². The molecule has 12 heteroatoms. The molecule has 37 heavy (non-hydrogen) atoms. The molecule has 1 aromatic rings. The molecule has 2 aliphatic heterocycles. The van der Waals surface area contributed by atoms with Gasteiger partial charge in [-0.15, -0.1) is 0 Å². The molecule has 0 radical (unpaired) electrons. The maximum atomic E-state index is 12.4. The third-order valence-corrected chi connectivity index (χ3v) is 9.05. The molecule has 8 nitrogen and oxygen atoms in total. The number of nitrogens with zero attached hydrogens (tertiary/aromatic N) is 2. The number of carboxylic acid groups (broad SMARTS) is 1. The summed E-state index contributed by atoms with van der Waals surface area (Å²) >= 11 is 0. The van der Waals surface area contributed by atoms with Crippen molar-refractivity contribution in [3.63, 3.8) is 0 Å². The first kappa shape index (κ1) is 29.4. The van der Waals surface area contributed by atoms with Gasteiger partial charge in [0, 0.05) is 37.3 Å². The lowest BCUT2D eigenvalue weighted by Crippen LogP contribution is -2.47. The van der Waals surface area contributed by atoms with Gasteiger partial charge >= 0.3 is 12.1 Å². The number of hydrogen-bond acceptors (Lipinski definition) is 5. The number of hydrogen-bond donors (Lipinski definition) is 2. The van der Waals surface area contributed by atoms with E-state index < -0.39 is 22.2 Å². The van der Waals surface area contributed by atoms with Crippen LogP contribution >= 0.6 is 0 Å². The lowest BCUT2D eigenvalue weighted by atomic mass is 9.84. The van der Waals surface area contributed by atoms with Crippen LogP contribution in [-0.2, 0) is 14.8 Å². The van der Waals surface area contributed by atoms with E-state index >= 15 is 0 Å². The summed E-state index contributed by atoms with van der Waals surface area (Å²) in [5, 5.41) is 7.12. The summed E-state index contributed by atoms with van der Waals surface area (Å²) < 4.78 is 58.2. The van der Waals surface area contributed by atoms with E-state index in [2.05, 4.69) is 11.0 Å². The second-order valence-corrected chi connectivity index (χ2v) is 12.3. The number of fused-ring (bicyclic) bond motifs is 2. The van der Waals surface area contributed by atoms with Gasteiger partial charge in [0.25, 0.3) is 0 Å². The molecule has 1 aliphatic carbocycles. The van der Waals surface area contributed by atoms with Gasteiger partial charge in [-0.1, -0.05) is 25.0 Å². The first-order valence-electron chi connectivity index (χ1n) is 12.7. The number of halogens is 3. The van der Waals surface area contributed by atoms with E-state index in [1.54, 1.807) is 10.4 Å². The highest BCUT2D eigenvalue weighted by molar-refractivity contribution is 7.88. The van der Waals surface area contributed by atoms with Crippen LogP contribution in [0.1, 0.15) is 73.2 Å². The number of carbonyl (C=O) groups excluding carboxylic acids is 1. The van der Waals surface area contributed by atoms with Gasteiger partial charge in [-0.05, 0) is 68.1 Å². The predicted molar refractivity (Wildman–Crippen MR) is 133 cm³/mol. The number of primary amides is 1. The van der Waals surface area contributed by atoms with E-state index in [4.69, 9.17) is 15.6 Å². The molecule has 3 atom stereocenters. The maximum Gasteiger partial charge on any atom is 0.490 e. The fourth-order valence-electron chi connectivity index (χ4n) is 5.96. The van der Waals surface area contributed by atoms with Crippen LogP contribution in [0.15, 0.2) is 24.3 Å². The van der Waals surface area contributed by atoms with Gasteiger partial charge in [-0.25, -0.2) is 17.5 Å². The van der Waals surface area contributed by atoms with E-state index in [0.717, 1.165) is 32.2 Å². The summed E-state index contributed by atoms with van der Waals surface area (Å²) in [6.07, 6.45) is 5.55. The fourth-order valence-corrected chi connectivity index (χ4v) is 6.85. The summed E-state index contributed by atoms with van der Waals surface area (Å²) in [5.41, 5.74) is 7.25. The Bertz CT molecular complexity index is 1050. The lowest BCUT2D eigenvalue weighted by Gasteiger charge is -2.40. The number of benzene rings is 1. The third-order valence-electron chi connectivity index (χ3n) is 7.78. The number of carboxylic acids is 1. The van der Waals surface area contributed by atoms with E-state index in [-0.39, 0.29) is 5.91 Å². The Morgan fingerprint density at radius 1 is 1.11 bits per heavy atom. The van der Waals surface area contributed by atoms with Crippen molar-refractivity contribution in [3.8, 4) is 0 Å². The minimum Gasteiger partial charge on any atom is -0.475 e. The number of nitrogens with two attached hydrogens (primary N) is 1. The number of alkyl halides is 3. The quantitative estimate of drug-likeness (QED) is 0.513. The molecule has 208 valence electrons. The lowest BCUT2D eigenvalue weighted by molar-refractivity contribution is -0.192. The number of rotatable bonds is 8. The maximum absolute atomic E-state index is 12.4. The Morgan fingerprint density at radius 2 is 1.68 bits per heavy atom. The second kappa shape index (κ2) is 12.1. The van der Waals surface area contributed by atoms with Crippen LogP contribution in [0.25, 0.3) is 0 Å². The summed E-state index contributed by atoms with van der Waals surface area (Å²) in [6.45, 7) is 2.11. The zero-order chi connectivity index (χ0) is 27.4. The number of sulfonamides is 1. The highest BCUT2D eigenvalue weighted by Gasteiger charge is 2.41. The van der Waals surface area contributed by atoms with Crippen molar-refractivity contribution in [2.45, 2.75) is 75.5 Å². The molecule has 2 heterocycles. The van der Waals surface area contributed by atoms with Crippen molar-refractivity contribution in [2.75, 3.05) is 25.9 Å². The largest absolute Gasteiger partial charge is 0.490 e. The van der Waals surface area contributed by atoms with Crippen LogP contribution in [0.5, 0.6) is 0 Å². The predicted octanol–water partition coefficient (Wildman–Crippen LogP) is 3.58. The Morgan fingerprint density at radius 3 is 2.16 bits per heavy atom. The van der Waals surface area contributed by atoms with Gasteiger partial charge in [0.15, 0.2) is 0 Å². The highest BCUT2D eigenvalue weighted by Crippen LogP contribution is 2.43. The van der Waals surface area contributed by atoms with E-state index in [1.807, 2.05) is 12.1 Å². The molecule has 3 N–H and O–H groups in total. The minimum atomic E-state index is -5.08. The monoisotopic (exact) mass is 547 g/mol. The number of carbonyl (C=O) groups is 2. The normalized spacial score (nSPS) is 24.6. The van der Waals surface area contributed by atoms with Crippen molar-refractivity contribution in [3.05, 3.63) is 35.4 Å². The van der Waals surface area contributed by atoms with Crippen LogP contribution in [-0.4, -0.2) is 78.8 Å². The molecule has 0 aromatic heterocycles. The summed E-state index contributed by atoms with van der Waals surface area (Å²) in [6, 6.07) is 8.77. The van der Waals surface area contributed by atoms with Crippen molar-refractivity contribution in [1.29, 1.82) is 0 Å². The Kier molecular flexibility index (Phi) is 9.62. The molecule has 2 bridgehead atoms. The van der Waals surface area contributed by atoms with Crippen LogP contribution in [0.4, 0.5) is 13.2 Å². The van der Waals surface area contributed by atoms with Crippen molar-refractivity contribution >= 4 is 21.9 Å². The molecular weight excluding hydrogens is 511 g/mol. The molecule has 3 fully saturated rings. The van der Waals surface area contributed by atoms with Crippen LogP contribution in [0.2, 0.25) is 0 Å². The smallest absolute Gasteiger partial charge is 0.475 e. The summed E-state index contributed by atoms with van der Waals surface area (Å²) in [5.74, 6) is -2.16. The van der Waals surface area contributed by atoms with Crippen molar-refractivity contribution in [1.82, 2.24) is 9.21 Å². The first-order valence-corrected chi connectivity index (χ1v) is 14.5. The molecule has 0 spiro atoms. The van der Waals surface area contributed by atoms with Crippen LogP contribution < -0.4 is 5.73 Å². The van der Waals surface area contributed by atoms with Crippen LogP contribution in [0, 0.1) is 5.92 Å². The van der Waals surface area contributed by atoms with E-state index in [1.165, 1.54) is 37.5 Å². The van der Waals surface area contributed by atoms with E-state index in [0.29, 0.717) is 42.6 Å². The van der Waals surface area contributed by atoms with Gasteiger partial charge in [0.2, 0.25) is 15.9 Å². The molecular formula is C25H36F3N3O5S. The zero-order valence-corrected chi connectivity index (χ0v) is 21.8. The summed E-state index contributed by atoms with van der Waals surface area (Å²) in [4.78, 5) is 23.0. The zero-order valence-electron chi connectivity index (χ0n) is 21.0. The number of piperidine rings is 1. The topological polar surface area (TPSA) is 121 Å². The van der Waals surface area contributed by atoms with Gasteiger partial charge in [-0.2, -0.15) is 13.2 Å². The van der Waals surface area contributed by atoms with Gasteiger partial charge in [-0.3, -0.25) is 9.69 Å². The van der Waals surface area contributed by atoms with Gasteiger partial charge in [0.1, 0.15) is 0 Å². The van der Waals surface area contributed by atoms with Gasteiger partial charge in [0.05, 0.1) is 6.26 Å². The standard InChI is InChI=1S/C23H35N3O3S.C2HF3O2/c1-30(28,29)25(16-17-5-2-3-6-17)11-12-26-21-9-10-22(26)15-20(14-21)18-7-4-8-19(13-18)23(24)27;3-2(4,5)1(6)7/h4,7-8,13,17,20-22H,2-3,5-6,9-12,14-16H2,1H3,(H2,24,27);(H,6,7)/t20?,21-,22+;. The molecule has 1 aromatic carbocycles. The van der Waals surface area contributed by atoms with Crippen LogP contribution in [0.3, 0.4) is 0 Å². The van der Waals surface area contributed by atoms with Crippen molar-refractivity contribution < 1.29 is 36.3 Å². The fraction of sp³-hybridized carbons (Fsp3) is 0.680. The third kappa shape index (κ3) is 8.15. The SMILES string of the molecule is CS(=O)(=O)N(CCN1[C@@H]2CC[C@H]1CC(c1cccc(C(N)=O)c1)C2)CC1CCCC1.O=C(O)C(F)(F)F. The molecule has 4 rings (SSSR count). The average Bonchev–Trinajstić information content (AvgIpc) is 3.40. The molecule has 3 aliphatic rings. The number of amides is 1. The molecule has 1 amide bonds. The Hall–Kier alpha value is -2.18. The Labute approximate surface area is 216 Å². The first-order chi connectivity index (χ1) is 17.3. The molecule has 2 saturated heterocycles. The second-order valence-electron chi connectivity index (χ2n) is 10.4. The minimum absolute atomic E-state index is 0.375. The summed E-state index contributed by atoms with van der Waals surface area (Å²) in [7, 11) is -3.17. The average molecular weight is 548 g/mol. The Balaban J connectivity index is 0.000000479. The highest BCUT2D eigenvalue weighted by atomic mass is 32.2. The molecule has 1 saturated carbocycles. The van der Waals surface area contributed by atoms with Crippen molar-refractivity contribution in [2.24, 2.45) is 11.7 Å².